The van der Waals surface area contributed by atoms with Crippen molar-refractivity contribution in [3.63, 3.8) is 0 Å². The van der Waals surface area contributed by atoms with Crippen LogP contribution in [0.15, 0.2) is 59.4 Å². The molecule has 0 saturated carbocycles. The van der Waals surface area contributed by atoms with Crippen molar-refractivity contribution in [2.45, 2.75) is 27.4 Å². The lowest BCUT2D eigenvalue weighted by molar-refractivity contribution is 0.302. The van der Waals surface area contributed by atoms with Crippen LogP contribution >= 0.6 is 0 Å². The minimum Gasteiger partial charge on any atom is -0.489 e. The van der Waals surface area contributed by atoms with E-state index >= 15 is 0 Å². The number of aryl methyl sites for hydroxylation is 4. The van der Waals surface area contributed by atoms with Gasteiger partial charge in [-0.3, -0.25) is 0 Å². The first kappa shape index (κ1) is 20.5. The number of hydrogen-bond donors (Lipinski definition) is 0. The Balaban J connectivity index is 1.67. The summed E-state index contributed by atoms with van der Waals surface area (Å²) < 4.78 is 22.9. The molecule has 0 spiro atoms. The van der Waals surface area contributed by atoms with Crippen LogP contribution in [0.4, 0.5) is 4.39 Å². The molecule has 0 atom stereocenters. The van der Waals surface area contributed by atoms with Gasteiger partial charge in [-0.1, -0.05) is 30.3 Å². The van der Waals surface area contributed by atoms with Crippen molar-refractivity contribution >= 4 is 0 Å². The van der Waals surface area contributed by atoms with Crippen molar-refractivity contribution in [1.82, 2.24) is 19.8 Å². The predicted molar refractivity (Wildman–Crippen MR) is 117 cm³/mol. The van der Waals surface area contributed by atoms with Gasteiger partial charge in [0.1, 0.15) is 18.2 Å². The smallest absolute Gasteiger partial charge is 0.368 e. The van der Waals surface area contributed by atoms with E-state index in [1.807, 2.05) is 57.2 Å². The summed E-state index contributed by atoms with van der Waals surface area (Å²) in [5, 5.41) is 7.75. The van der Waals surface area contributed by atoms with Gasteiger partial charge >= 0.3 is 5.69 Å². The highest BCUT2D eigenvalue weighted by molar-refractivity contribution is 5.70. The van der Waals surface area contributed by atoms with Gasteiger partial charge in [0.15, 0.2) is 0 Å². The minimum atomic E-state index is -0.326. The van der Waals surface area contributed by atoms with Gasteiger partial charge in [0, 0.05) is 18.2 Å². The molecule has 0 aliphatic heterocycles. The molecule has 0 amide bonds. The average molecular weight is 418 g/mol. The maximum Gasteiger partial charge on any atom is 0.368 e. The molecule has 0 bridgehead atoms. The van der Waals surface area contributed by atoms with E-state index in [4.69, 9.17) is 4.74 Å². The predicted octanol–water partition coefficient (Wildman–Crippen LogP) is 4.28. The third kappa shape index (κ3) is 3.86. The topological polar surface area (TPSA) is 61.9 Å². The largest absolute Gasteiger partial charge is 0.489 e. The molecule has 1 aromatic heterocycles. The number of halogens is 1. The Morgan fingerprint density at radius 2 is 1.68 bits per heavy atom. The molecule has 6 nitrogen and oxygen atoms in total. The maximum atomic E-state index is 14.3. The molecule has 3 aromatic carbocycles. The zero-order chi connectivity index (χ0) is 22.1. The van der Waals surface area contributed by atoms with Crippen LogP contribution in [0.1, 0.15) is 22.3 Å². The van der Waals surface area contributed by atoms with Gasteiger partial charge in [0.05, 0.1) is 5.69 Å². The first-order valence-electron chi connectivity index (χ1n) is 9.93. The van der Waals surface area contributed by atoms with E-state index in [0.29, 0.717) is 17.0 Å². The molecule has 4 aromatic rings. The van der Waals surface area contributed by atoms with E-state index in [9.17, 15) is 9.18 Å². The maximum absolute atomic E-state index is 14.3. The Labute approximate surface area is 179 Å². The Morgan fingerprint density at radius 3 is 2.39 bits per heavy atom. The van der Waals surface area contributed by atoms with Crippen LogP contribution in [-0.2, 0) is 13.7 Å². The second kappa shape index (κ2) is 8.18. The number of nitrogens with zero attached hydrogens (tertiary/aromatic N) is 4. The van der Waals surface area contributed by atoms with E-state index < -0.39 is 0 Å². The average Bonchev–Trinajstić information content (AvgIpc) is 3.08. The second-order valence-electron chi connectivity index (χ2n) is 7.57. The molecule has 0 saturated heterocycles. The summed E-state index contributed by atoms with van der Waals surface area (Å²) in [6.45, 7) is 6.09. The number of tetrazole rings is 1. The summed E-state index contributed by atoms with van der Waals surface area (Å²) in [6.07, 6.45) is 0. The zero-order valence-electron chi connectivity index (χ0n) is 17.9. The third-order valence-corrected chi connectivity index (χ3v) is 5.39. The van der Waals surface area contributed by atoms with Gasteiger partial charge < -0.3 is 4.74 Å². The van der Waals surface area contributed by atoms with Gasteiger partial charge in [0.2, 0.25) is 0 Å². The molecule has 31 heavy (non-hydrogen) atoms. The number of ether oxygens (including phenoxy) is 1. The fraction of sp³-hybridized carbons (Fsp3) is 0.208. The third-order valence-electron chi connectivity index (χ3n) is 5.39. The highest BCUT2D eigenvalue weighted by Crippen LogP contribution is 2.32. The summed E-state index contributed by atoms with van der Waals surface area (Å²) in [6, 6.07) is 16.3. The van der Waals surface area contributed by atoms with E-state index in [0.717, 1.165) is 27.8 Å². The van der Waals surface area contributed by atoms with Gasteiger partial charge in [0.25, 0.3) is 0 Å². The first-order valence-corrected chi connectivity index (χ1v) is 9.93. The standard InChI is InChI=1S/C24H23FN4O2/c1-15-8-7-11-22(29-24(30)28(4)26-27-29)20(15)14-31-23-13-16(2)19(12-17(23)3)18-9-5-6-10-21(18)25/h5-13H,14H2,1-4H3. The lowest BCUT2D eigenvalue weighted by Gasteiger charge is -2.16. The molecule has 1 heterocycles. The van der Waals surface area contributed by atoms with Gasteiger partial charge in [-0.2, -0.15) is 9.36 Å². The summed E-state index contributed by atoms with van der Waals surface area (Å²) >= 11 is 0. The Hall–Kier alpha value is -3.74. The fourth-order valence-corrected chi connectivity index (χ4v) is 3.60. The molecule has 0 fully saturated rings. The van der Waals surface area contributed by atoms with Crippen LogP contribution in [0.25, 0.3) is 16.8 Å². The van der Waals surface area contributed by atoms with Gasteiger partial charge in [-0.25, -0.2) is 9.18 Å². The van der Waals surface area contributed by atoms with Crippen molar-refractivity contribution in [1.29, 1.82) is 0 Å². The van der Waals surface area contributed by atoms with E-state index in [2.05, 4.69) is 10.4 Å². The molecule has 0 aliphatic rings. The van der Waals surface area contributed by atoms with Crippen LogP contribution in [0.5, 0.6) is 5.75 Å². The van der Waals surface area contributed by atoms with Crippen LogP contribution in [0, 0.1) is 26.6 Å². The Kier molecular flexibility index (Phi) is 5.42. The normalized spacial score (nSPS) is 11.0. The highest BCUT2D eigenvalue weighted by atomic mass is 19.1. The number of aromatic nitrogens is 4. The quantitative estimate of drug-likeness (QED) is 0.485. The van der Waals surface area contributed by atoms with Gasteiger partial charge in [-0.15, -0.1) is 0 Å². The molecular formula is C24H23FN4O2. The fourth-order valence-electron chi connectivity index (χ4n) is 3.60. The lowest BCUT2D eigenvalue weighted by Crippen LogP contribution is -2.23. The lowest BCUT2D eigenvalue weighted by atomic mass is 9.97. The SMILES string of the molecule is Cc1cc(-c2ccccc2F)c(C)cc1OCc1c(C)cccc1-n1nnn(C)c1=O. The van der Waals surface area contributed by atoms with Crippen LogP contribution < -0.4 is 10.4 Å². The number of rotatable bonds is 5. The van der Waals surface area contributed by atoms with Gasteiger partial charge in [-0.05, 0) is 77.7 Å². The Morgan fingerprint density at radius 1 is 0.903 bits per heavy atom. The van der Waals surface area contributed by atoms with Crippen molar-refractivity contribution in [3.8, 4) is 22.6 Å². The van der Waals surface area contributed by atoms with E-state index in [1.54, 1.807) is 19.2 Å². The second-order valence-corrected chi connectivity index (χ2v) is 7.57. The molecule has 7 heteroatoms. The van der Waals surface area contributed by atoms with Crippen molar-refractivity contribution in [2.24, 2.45) is 7.05 Å². The summed E-state index contributed by atoms with van der Waals surface area (Å²) in [5.74, 6) is 0.455. The monoisotopic (exact) mass is 418 g/mol. The molecule has 0 unspecified atom stereocenters. The summed E-state index contributed by atoms with van der Waals surface area (Å²) in [5.41, 5.74) is 5.36. The van der Waals surface area contributed by atoms with Crippen LogP contribution in [-0.4, -0.2) is 19.8 Å². The van der Waals surface area contributed by atoms with Crippen LogP contribution in [0.2, 0.25) is 0 Å². The Bertz CT molecular complexity index is 1320. The van der Waals surface area contributed by atoms with E-state index in [-0.39, 0.29) is 18.1 Å². The molecule has 0 aliphatic carbocycles. The number of benzene rings is 3. The number of hydrogen-bond acceptors (Lipinski definition) is 4. The van der Waals surface area contributed by atoms with Crippen molar-refractivity contribution in [2.75, 3.05) is 0 Å². The van der Waals surface area contributed by atoms with Crippen molar-refractivity contribution in [3.05, 3.63) is 93.2 Å². The molecule has 4 rings (SSSR count). The first-order chi connectivity index (χ1) is 14.9. The van der Waals surface area contributed by atoms with Crippen molar-refractivity contribution < 1.29 is 9.13 Å². The van der Waals surface area contributed by atoms with E-state index in [1.165, 1.54) is 15.4 Å². The molecular weight excluding hydrogens is 395 g/mol. The molecule has 0 N–H and O–H groups in total. The highest BCUT2D eigenvalue weighted by Gasteiger charge is 2.15. The summed E-state index contributed by atoms with van der Waals surface area (Å²) in [7, 11) is 1.56. The zero-order valence-corrected chi connectivity index (χ0v) is 17.9. The van der Waals surface area contributed by atoms with Crippen LogP contribution in [0.3, 0.4) is 0 Å². The minimum absolute atomic E-state index is 0.252. The summed E-state index contributed by atoms with van der Waals surface area (Å²) in [4.78, 5) is 12.3. The molecule has 0 radical (unpaired) electrons. The molecule has 158 valence electrons.